The van der Waals surface area contributed by atoms with Gasteiger partial charge < -0.3 is 0 Å². The Morgan fingerprint density at radius 3 is 1.55 bits per heavy atom. The lowest BCUT2D eigenvalue weighted by atomic mass is 9.90. The Balaban J connectivity index is 2.28. The number of thiophene rings is 2. The van der Waals surface area contributed by atoms with E-state index in [0.717, 1.165) is 28.7 Å². The maximum atomic E-state index is 15.6. The van der Waals surface area contributed by atoms with E-state index in [0.29, 0.717) is 0 Å². The summed E-state index contributed by atoms with van der Waals surface area (Å²) in [5.41, 5.74) is -8.88. The van der Waals surface area contributed by atoms with Crippen LogP contribution >= 0.6 is 22.7 Å². The van der Waals surface area contributed by atoms with Gasteiger partial charge in [-0.2, -0.15) is 5.26 Å². The molecule has 14 heteroatoms. The maximum absolute atomic E-state index is 15.6. The summed E-state index contributed by atoms with van der Waals surface area (Å²) in [6, 6.07) is 5.22. The molecule has 0 spiro atoms. The summed E-state index contributed by atoms with van der Waals surface area (Å²) >= 11 is 1.63. The van der Waals surface area contributed by atoms with Crippen LogP contribution in [0.5, 0.6) is 0 Å². The summed E-state index contributed by atoms with van der Waals surface area (Å²) in [6.45, 7) is 14.3. The van der Waals surface area contributed by atoms with Crippen LogP contribution in [0.15, 0.2) is 22.9 Å². The van der Waals surface area contributed by atoms with Gasteiger partial charge in [0.05, 0.1) is 30.3 Å². The molecule has 0 aliphatic heterocycles. The number of nitriles is 2. The topological polar surface area (TPSA) is 56.3 Å². The van der Waals surface area contributed by atoms with E-state index >= 15 is 17.6 Å². The molecular weight excluding hydrogens is 608 g/mol. The molecule has 0 N–H and O–H groups in total. The van der Waals surface area contributed by atoms with Crippen molar-refractivity contribution in [1.29, 1.82) is 10.5 Å². The smallest absolute Gasteiger partial charge is 0.232 e. The van der Waals surface area contributed by atoms with E-state index < -0.39 is 85.4 Å². The van der Waals surface area contributed by atoms with Crippen LogP contribution in [0, 0.1) is 82.3 Å². The second-order valence-electron chi connectivity index (χ2n) is 8.23. The van der Waals surface area contributed by atoms with E-state index in [2.05, 4.69) is 9.69 Å². The third kappa shape index (κ3) is 3.74. The van der Waals surface area contributed by atoms with Gasteiger partial charge in [0.25, 0.3) is 11.4 Å². The van der Waals surface area contributed by atoms with Gasteiger partial charge in [-0.05, 0) is 28.3 Å². The molecule has 2 heterocycles. The van der Waals surface area contributed by atoms with Crippen molar-refractivity contribution in [1.82, 2.24) is 0 Å². The Morgan fingerprint density at radius 2 is 1.12 bits per heavy atom. The van der Waals surface area contributed by atoms with Gasteiger partial charge in [-0.3, -0.25) is 0 Å². The molecule has 0 radical (unpaired) electrons. The Bertz CT molecular complexity index is 2130. The Labute approximate surface area is 236 Å². The van der Waals surface area contributed by atoms with Gasteiger partial charge in [0.1, 0.15) is 11.6 Å². The molecule has 0 bridgehead atoms. The molecule has 0 fully saturated rings. The number of hydrogen-bond acceptors (Lipinski definition) is 4. The van der Waals surface area contributed by atoms with Gasteiger partial charge in [0.15, 0.2) is 46.5 Å². The van der Waals surface area contributed by atoms with Gasteiger partial charge in [0.2, 0.25) is 0 Å². The fourth-order valence-corrected chi connectivity index (χ4v) is 6.46. The minimum Gasteiger partial charge on any atom is -0.232 e. The minimum absolute atomic E-state index is 0.0247. The minimum atomic E-state index is -2.31. The monoisotopic (exact) mass is 612 g/mol. The van der Waals surface area contributed by atoms with Gasteiger partial charge in [0, 0.05) is 30.8 Å². The fourth-order valence-electron chi connectivity index (χ4n) is 4.53. The van der Waals surface area contributed by atoms with Crippen molar-refractivity contribution in [3.63, 3.8) is 0 Å². The molecule has 0 saturated carbocycles. The molecule has 5 aromatic rings. The largest absolute Gasteiger partial charge is 0.271 e. The van der Waals surface area contributed by atoms with Crippen LogP contribution in [-0.4, -0.2) is 0 Å². The highest BCUT2D eigenvalue weighted by atomic mass is 32.1. The first-order valence-corrected chi connectivity index (χ1v) is 12.7. The van der Waals surface area contributed by atoms with Crippen molar-refractivity contribution in [2.24, 2.45) is 0 Å². The molecule has 42 heavy (non-hydrogen) atoms. The third-order valence-electron chi connectivity index (χ3n) is 6.25. The fraction of sp³-hybridized carbons (Fsp3) is 0. The maximum Gasteiger partial charge on any atom is 0.271 e. The summed E-state index contributed by atoms with van der Waals surface area (Å²) in [5.74, 6) is -18.2. The zero-order chi connectivity index (χ0) is 30.6. The molecule has 4 nitrogen and oxygen atoms in total. The summed E-state index contributed by atoms with van der Waals surface area (Å²) in [6.07, 6.45) is 0. The number of halogens is 8. The molecule has 0 aliphatic carbocycles. The van der Waals surface area contributed by atoms with Crippen molar-refractivity contribution in [3.8, 4) is 12.1 Å². The molecule has 0 atom stereocenters. The van der Waals surface area contributed by atoms with E-state index in [1.807, 2.05) is 0 Å². The number of hydrogen-bond donors (Lipinski definition) is 0. The quantitative estimate of drug-likeness (QED) is 0.118. The SMILES string of the molecule is [C-]#[N+]/C(C#N)=c1/c2ccsc2/c(=C(\c2c(F)c(F)c(C#N)c(F)c2F)c2c(F)c(F)c([N+]#[C-])c(F)c2F)c2ccsc12. The van der Waals surface area contributed by atoms with Crippen molar-refractivity contribution < 1.29 is 35.1 Å². The van der Waals surface area contributed by atoms with Crippen molar-refractivity contribution in [2.75, 3.05) is 0 Å². The summed E-state index contributed by atoms with van der Waals surface area (Å²) < 4.78 is 122. The molecule has 3 aromatic carbocycles. The van der Waals surface area contributed by atoms with Crippen molar-refractivity contribution >= 4 is 59.8 Å². The van der Waals surface area contributed by atoms with Gasteiger partial charge >= 0.3 is 0 Å². The van der Waals surface area contributed by atoms with Crippen LogP contribution in [0.2, 0.25) is 0 Å². The lowest BCUT2D eigenvalue weighted by molar-refractivity contribution is 0.443. The normalized spacial score (nSPS) is 12.5. The van der Waals surface area contributed by atoms with Crippen molar-refractivity contribution in [2.45, 2.75) is 0 Å². The first-order chi connectivity index (χ1) is 20.0. The first kappa shape index (κ1) is 28.3. The van der Waals surface area contributed by atoms with E-state index in [4.69, 9.17) is 18.4 Å². The number of nitrogens with zero attached hydrogens (tertiary/aromatic N) is 4. The molecule has 204 valence electrons. The molecule has 0 unspecified atom stereocenters. The zero-order valence-electron chi connectivity index (χ0n) is 19.9. The summed E-state index contributed by atoms with van der Waals surface area (Å²) in [7, 11) is 0. The number of fused-ring (bicyclic) bond motifs is 2. The number of rotatable bonds is 2. The van der Waals surface area contributed by atoms with Crippen LogP contribution in [0.1, 0.15) is 16.7 Å². The predicted octanol–water partition coefficient (Wildman–Crippen LogP) is 7.45. The van der Waals surface area contributed by atoms with Crippen LogP contribution in [0.3, 0.4) is 0 Å². The first-order valence-electron chi connectivity index (χ1n) is 11.0. The molecule has 0 saturated heterocycles. The highest BCUT2D eigenvalue weighted by molar-refractivity contribution is 7.18. The van der Waals surface area contributed by atoms with Gasteiger partial charge in [-0.25, -0.2) is 50.1 Å². The Hall–Kier alpha value is -5.28. The van der Waals surface area contributed by atoms with Crippen molar-refractivity contribution in [3.05, 3.63) is 119 Å². The highest BCUT2D eigenvalue weighted by Gasteiger charge is 2.35. The van der Waals surface area contributed by atoms with Gasteiger partial charge in [-0.1, -0.05) is 0 Å². The van der Waals surface area contributed by atoms with Crippen LogP contribution in [-0.2, 0) is 0 Å². The second-order valence-corrected chi connectivity index (χ2v) is 10.1. The Kier molecular flexibility index (Phi) is 6.92. The zero-order valence-corrected chi connectivity index (χ0v) is 21.6. The molecule has 0 aliphatic rings. The third-order valence-corrected chi connectivity index (χ3v) is 8.12. The average molecular weight is 612 g/mol. The van der Waals surface area contributed by atoms with E-state index in [1.165, 1.54) is 22.9 Å². The molecule has 0 amide bonds. The Morgan fingerprint density at radius 1 is 0.667 bits per heavy atom. The molecule has 2 aromatic heterocycles. The van der Waals surface area contributed by atoms with E-state index in [9.17, 15) is 22.8 Å². The van der Waals surface area contributed by atoms with E-state index in [-0.39, 0.29) is 25.4 Å². The molecular formula is C28H4F8N4S2. The average Bonchev–Trinajstić information content (AvgIpc) is 3.66. The summed E-state index contributed by atoms with van der Waals surface area (Å²) in [5, 5.41) is 20.6. The highest BCUT2D eigenvalue weighted by Crippen LogP contribution is 2.39. The number of benzene rings is 3. The van der Waals surface area contributed by atoms with Crippen LogP contribution in [0.4, 0.5) is 40.8 Å². The lowest BCUT2D eigenvalue weighted by Crippen LogP contribution is -2.21. The standard InChI is InChI=1S/C28H4F8N4S2/c1-39-12(8-38)13-9-3-5-42-28(9)14(10-4-6-41-27(10)13)15(16-20(31)18(29)11(7-37)19(30)21(16)32)17-22(33)24(35)26(40-2)25(36)23(17)34/h3-6H/b13-12-,15-14+. The van der Waals surface area contributed by atoms with Crippen LogP contribution in [0.25, 0.3) is 41.1 Å². The van der Waals surface area contributed by atoms with E-state index in [1.54, 1.807) is 6.07 Å². The lowest BCUT2D eigenvalue weighted by Gasteiger charge is -2.17. The van der Waals surface area contributed by atoms with Crippen LogP contribution < -0.4 is 10.4 Å². The van der Waals surface area contributed by atoms with Gasteiger partial charge in [-0.15, -0.1) is 22.7 Å². The second kappa shape index (κ2) is 10.3. The predicted molar refractivity (Wildman–Crippen MR) is 137 cm³/mol. The summed E-state index contributed by atoms with van der Waals surface area (Å²) in [4.78, 5) is 5.59. The molecule has 5 rings (SSSR count).